The molecule has 0 saturated carbocycles. The quantitative estimate of drug-likeness (QED) is 0.859. The number of alkyl halides is 3. The van der Waals surface area contributed by atoms with Gasteiger partial charge in [0.05, 0.1) is 16.0 Å². The Morgan fingerprint density at radius 3 is 2.15 bits per heavy atom. The zero-order valence-corrected chi connectivity index (χ0v) is 14.9. The Balaban J connectivity index is 2.12. The van der Waals surface area contributed by atoms with E-state index in [1.54, 1.807) is 0 Å². The van der Waals surface area contributed by atoms with Gasteiger partial charge in [0.1, 0.15) is 0 Å². The van der Waals surface area contributed by atoms with Gasteiger partial charge < -0.3 is 5.32 Å². The molecule has 0 aromatic heterocycles. The molecule has 26 heavy (non-hydrogen) atoms. The highest BCUT2D eigenvalue weighted by atomic mass is 32.2. The molecular weight excluding hydrogens is 369 g/mol. The van der Waals surface area contributed by atoms with Gasteiger partial charge in [-0.2, -0.15) is 13.2 Å². The summed E-state index contributed by atoms with van der Waals surface area (Å²) in [6, 6.07) is 10.2. The number of amides is 1. The monoisotopic (exact) mass is 386 g/mol. The molecule has 2 aromatic rings. The number of nitrogens with zero attached hydrogens (tertiary/aromatic N) is 1. The number of sulfonamides is 1. The molecule has 0 saturated heterocycles. The molecule has 1 amide bonds. The Morgan fingerprint density at radius 2 is 1.62 bits per heavy atom. The summed E-state index contributed by atoms with van der Waals surface area (Å²) in [6.07, 6.45) is -4.63. The van der Waals surface area contributed by atoms with E-state index in [9.17, 15) is 26.4 Å². The van der Waals surface area contributed by atoms with Crippen LogP contribution in [0.4, 0.5) is 13.2 Å². The fourth-order valence-corrected chi connectivity index (χ4v) is 3.10. The molecule has 0 fully saturated rings. The van der Waals surface area contributed by atoms with Gasteiger partial charge in [-0.25, -0.2) is 12.7 Å². The fraction of sp³-hybridized carbons (Fsp3) is 0.235. The molecule has 2 aromatic carbocycles. The van der Waals surface area contributed by atoms with Crippen LogP contribution in [-0.2, 0) is 22.7 Å². The summed E-state index contributed by atoms with van der Waals surface area (Å²) in [7, 11) is -0.760. The standard InChI is InChI=1S/C17H17F3N2O3S/c1-22(2)26(24,25)13-9-7-12(8-10-13)11-21-16(23)14-5-3-4-6-15(14)17(18,19)20/h3-10H,11H2,1-2H3,(H,21,23). The highest BCUT2D eigenvalue weighted by Crippen LogP contribution is 2.31. The lowest BCUT2D eigenvalue weighted by Crippen LogP contribution is -2.26. The van der Waals surface area contributed by atoms with Crippen LogP contribution in [0.25, 0.3) is 0 Å². The van der Waals surface area contributed by atoms with Gasteiger partial charge in [0.15, 0.2) is 0 Å². The van der Waals surface area contributed by atoms with E-state index in [0.717, 1.165) is 16.4 Å². The summed E-state index contributed by atoms with van der Waals surface area (Å²) in [5.74, 6) is -0.858. The highest BCUT2D eigenvalue weighted by molar-refractivity contribution is 7.89. The molecule has 2 rings (SSSR count). The second-order valence-corrected chi connectivity index (χ2v) is 7.81. The Morgan fingerprint density at radius 1 is 1.04 bits per heavy atom. The number of rotatable bonds is 5. The SMILES string of the molecule is CN(C)S(=O)(=O)c1ccc(CNC(=O)c2ccccc2C(F)(F)F)cc1. The second kappa shape index (κ2) is 7.46. The van der Waals surface area contributed by atoms with E-state index in [1.165, 1.54) is 50.5 Å². The van der Waals surface area contributed by atoms with Crippen LogP contribution in [0.15, 0.2) is 53.4 Å². The summed E-state index contributed by atoms with van der Waals surface area (Å²) in [6.45, 7) is -0.0344. The minimum atomic E-state index is -4.63. The average Bonchev–Trinajstić information content (AvgIpc) is 2.59. The van der Waals surface area contributed by atoms with Crippen LogP contribution >= 0.6 is 0 Å². The van der Waals surface area contributed by atoms with E-state index in [2.05, 4.69) is 5.32 Å². The lowest BCUT2D eigenvalue weighted by Gasteiger charge is -2.13. The lowest BCUT2D eigenvalue weighted by atomic mass is 10.1. The van der Waals surface area contributed by atoms with Crippen molar-refractivity contribution in [3.63, 3.8) is 0 Å². The van der Waals surface area contributed by atoms with Crippen LogP contribution in [0.3, 0.4) is 0 Å². The first-order chi connectivity index (χ1) is 12.0. The fourth-order valence-electron chi connectivity index (χ4n) is 2.20. The normalized spacial score (nSPS) is 12.2. The van der Waals surface area contributed by atoms with Crippen LogP contribution in [0.1, 0.15) is 21.5 Å². The van der Waals surface area contributed by atoms with Gasteiger partial charge in [-0.3, -0.25) is 4.79 Å². The molecule has 1 N–H and O–H groups in total. The summed E-state index contributed by atoms with van der Waals surface area (Å²) >= 11 is 0. The van der Waals surface area contributed by atoms with E-state index in [-0.39, 0.29) is 11.4 Å². The molecule has 9 heteroatoms. The maximum atomic E-state index is 13.0. The van der Waals surface area contributed by atoms with Crippen molar-refractivity contribution in [1.82, 2.24) is 9.62 Å². The van der Waals surface area contributed by atoms with Crippen molar-refractivity contribution in [2.24, 2.45) is 0 Å². The molecule has 0 bridgehead atoms. The van der Waals surface area contributed by atoms with Gasteiger partial charge in [-0.05, 0) is 29.8 Å². The number of hydrogen-bond acceptors (Lipinski definition) is 3. The Labute approximate surface area is 149 Å². The van der Waals surface area contributed by atoms with Gasteiger partial charge in [0.25, 0.3) is 5.91 Å². The smallest absolute Gasteiger partial charge is 0.348 e. The summed E-state index contributed by atoms with van der Waals surface area (Å²) < 4.78 is 63.9. The number of halogens is 3. The van der Waals surface area contributed by atoms with Crippen molar-refractivity contribution in [3.8, 4) is 0 Å². The van der Waals surface area contributed by atoms with Crippen LogP contribution in [0.2, 0.25) is 0 Å². The maximum Gasteiger partial charge on any atom is 0.417 e. The third-order valence-corrected chi connectivity index (χ3v) is 5.46. The van der Waals surface area contributed by atoms with Crippen LogP contribution in [-0.4, -0.2) is 32.7 Å². The molecule has 0 aliphatic heterocycles. The third-order valence-electron chi connectivity index (χ3n) is 3.63. The van der Waals surface area contributed by atoms with Crippen molar-refractivity contribution >= 4 is 15.9 Å². The minimum absolute atomic E-state index is 0.0344. The molecule has 0 heterocycles. The van der Waals surface area contributed by atoms with E-state index >= 15 is 0 Å². The second-order valence-electron chi connectivity index (χ2n) is 5.66. The number of carbonyl (C=O) groups excluding carboxylic acids is 1. The van der Waals surface area contributed by atoms with Crippen molar-refractivity contribution < 1.29 is 26.4 Å². The van der Waals surface area contributed by atoms with E-state index in [0.29, 0.717) is 5.56 Å². The first-order valence-corrected chi connectivity index (χ1v) is 8.93. The minimum Gasteiger partial charge on any atom is -0.348 e. The van der Waals surface area contributed by atoms with Gasteiger partial charge in [-0.15, -0.1) is 0 Å². The molecule has 0 aliphatic carbocycles. The zero-order valence-electron chi connectivity index (χ0n) is 14.0. The first-order valence-electron chi connectivity index (χ1n) is 7.49. The average molecular weight is 386 g/mol. The van der Waals surface area contributed by atoms with Crippen molar-refractivity contribution in [1.29, 1.82) is 0 Å². The molecule has 140 valence electrons. The molecule has 0 aliphatic rings. The van der Waals surface area contributed by atoms with Crippen LogP contribution in [0.5, 0.6) is 0 Å². The highest BCUT2D eigenvalue weighted by Gasteiger charge is 2.34. The predicted octanol–water partition coefficient (Wildman–Crippen LogP) is 2.89. The van der Waals surface area contributed by atoms with Crippen molar-refractivity contribution in [2.45, 2.75) is 17.6 Å². The lowest BCUT2D eigenvalue weighted by molar-refractivity contribution is -0.137. The number of benzene rings is 2. The summed E-state index contributed by atoms with van der Waals surface area (Å²) in [5, 5.41) is 2.41. The van der Waals surface area contributed by atoms with Crippen molar-refractivity contribution in [3.05, 3.63) is 65.2 Å². The Kier molecular flexibility index (Phi) is 5.72. The van der Waals surface area contributed by atoms with Gasteiger partial charge >= 0.3 is 6.18 Å². The van der Waals surface area contributed by atoms with Gasteiger partial charge in [0, 0.05) is 20.6 Å². The first kappa shape index (κ1) is 19.9. The number of hydrogen-bond donors (Lipinski definition) is 1. The van der Waals surface area contributed by atoms with Gasteiger partial charge in [0.2, 0.25) is 10.0 Å². The Hall–Kier alpha value is -2.39. The molecule has 5 nitrogen and oxygen atoms in total. The van der Waals surface area contributed by atoms with E-state index in [1.807, 2.05) is 0 Å². The van der Waals surface area contributed by atoms with Crippen LogP contribution < -0.4 is 5.32 Å². The third kappa shape index (κ3) is 4.41. The van der Waals surface area contributed by atoms with E-state index in [4.69, 9.17) is 0 Å². The van der Waals surface area contributed by atoms with Crippen LogP contribution in [0, 0.1) is 0 Å². The largest absolute Gasteiger partial charge is 0.417 e. The molecule has 0 unspecified atom stereocenters. The summed E-state index contributed by atoms with van der Waals surface area (Å²) in [4.78, 5) is 12.2. The molecule has 0 spiro atoms. The molecule has 0 radical (unpaired) electrons. The number of nitrogens with one attached hydrogen (secondary N) is 1. The molecule has 0 atom stereocenters. The van der Waals surface area contributed by atoms with Crippen molar-refractivity contribution in [2.75, 3.05) is 14.1 Å². The summed E-state index contributed by atoms with van der Waals surface area (Å²) in [5.41, 5.74) is -0.919. The van der Waals surface area contributed by atoms with E-state index < -0.39 is 33.2 Å². The topological polar surface area (TPSA) is 66.5 Å². The predicted molar refractivity (Wildman–Crippen MR) is 89.9 cm³/mol. The van der Waals surface area contributed by atoms with Gasteiger partial charge in [-0.1, -0.05) is 24.3 Å². The Bertz CT molecular complexity index is 892. The molecular formula is C17H17F3N2O3S. The zero-order chi connectivity index (χ0) is 19.5. The number of carbonyl (C=O) groups is 1. The maximum absolute atomic E-state index is 13.0.